The van der Waals surface area contributed by atoms with E-state index in [1.54, 1.807) is 23.1 Å². The molecule has 1 N–H and O–H groups in total. The minimum Gasteiger partial charge on any atom is -0.507 e. The Morgan fingerprint density at radius 2 is 2.18 bits per heavy atom. The SMILES string of the molecule is CC(=O)N(c1ccc(O)c(Br)c1)c1cccs1. The van der Waals surface area contributed by atoms with E-state index in [9.17, 15) is 9.90 Å². The second-order valence-corrected chi connectivity index (χ2v) is 5.22. The van der Waals surface area contributed by atoms with Crippen molar-refractivity contribution >= 4 is 43.9 Å². The van der Waals surface area contributed by atoms with Gasteiger partial charge in [-0.2, -0.15) is 0 Å². The van der Waals surface area contributed by atoms with Crippen LogP contribution in [0.4, 0.5) is 10.7 Å². The zero-order valence-corrected chi connectivity index (χ0v) is 11.5. The quantitative estimate of drug-likeness (QED) is 0.913. The van der Waals surface area contributed by atoms with Crippen molar-refractivity contribution in [1.29, 1.82) is 0 Å². The zero-order valence-electron chi connectivity index (χ0n) is 9.05. The number of phenols is 1. The summed E-state index contributed by atoms with van der Waals surface area (Å²) in [5, 5.41) is 12.2. The average molecular weight is 312 g/mol. The Hall–Kier alpha value is -1.33. The summed E-state index contributed by atoms with van der Waals surface area (Å²) in [5.74, 6) is 0.0912. The summed E-state index contributed by atoms with van der Waals surface area (Å²) in [6.45, 7) is 1.51. The Kier molecular flexibility index (Phi) is 3.49. The summed E-state index contributed by atoms with van der Waals surface area (Å²) >= 11 is 4.73. The smallest absolute Gasteiger partial charge is 0.229 e. The minimum atomic E-state index is -0.0648. The largest absolute Gasteiger partial charge is 0.507 e. The molecule has 0 saturated carbocycles. The number of nitrogens with zero attached hydrogens (tertiary/aromatic N) is 1. The highest BCUT2D eigenvalue weighted by Crippen LogP contribution is 2.34. The van der Waals surface area contributed by atoms with Gasteiger partial charge in [-0.1, -0.05) is 0 Å². The summed E-state index contributed by atoms with van der Waals surface area (Å²) in [4.78, 5) is 13.3. The second kappa shape index (κ2) is 4.89. The third-order valence-corrected chi connectivity index (χ3v) is 3.72. The molecular formula is C12H10BrNO2S. The van der Waals surface area contributed by atoms with Crippen molar-refractivity contribution < 1.29 is 9.90 Å². The molecule has 1 aromatic carbocycles. The molecule has 1 heterocycles. The molecule has 0 radical (unpaired) electrons. The van der Waals surface area contributed by atoms with Gasteiger partial charge in [0, 0.05) is 6.92 Å². The van der Waals surface area contributed by atoms with Crippen molar-refractivity contribution in [2.24, 2.45) is 0 Å². The van der Waals surface area contributed by atoms with E-state index in [0.717, 1.165) is 10.7 Å². The van der Waals surface area contributed by atoms with Gasteiger partial charge in [0.25, 0.3) is 0 Å². The van der Waals surface area contributed by atoms with E-state index < -0.39 is 0 Å². The van der Waals surface area contributed by atoms with Crippen molar-refractivity contribution in [3.8, 4) is 5.75 Å². The second-order valence-electron chi connectivity index (χ2n) is 3.44. The highest BCUT2D eigenvalue weighted by Gasteiger charge is 2.15. The maximum atomic E-state index is 11.7. The van der Waals surface area contributed by atoms with Gasteiger partial charge in [0.05, 0.1) is 10.2 Å². The number of amides is 1. The van der Waals surface area contributed by atoms with E-state index in [0.29, 0.717) is 4.47 Å². The number of halogens is 1. The molecule has 0 aliphatic carbocycles. The van der Waals surface area contributed by atoms with Crippen LogP contribution in [0.25, 0.3) is 0 Å². The molecule has 2 aromatic rings. The first-order valence-corrected chi connectivity index (χ1v) is 6.59. The van der Waals surface area contributed by atoms with Gasteiger partial charge in [-0.05, 0) is 51.6 Å². The lowest BCUT2D eigenvalue weighted by Gasteiger charge is -2.19. The van der Waals surface area contributed by atoms with Crippen molar-refractivity contribution in [2.75, 3.05) is 4.90 Å². The summed E-state index contributed by atoms with van der Waals surface area (Å²) in [6.07, 6.45) is 0. The maximum Gasteiger partial charge on any atom is 0.229 e. The Morgan fingerprint density at radius 3 is 2.71 bits per heavy atom. The third kappa shape index (κ3) is 2.50. The van der Waals surface area contributed by atoms with Crippen molar-refractivity contribution in [3.05, 3.63) is 40.2 Å². The number of hydrogen-bond donors (Lipinski definition) is 1. The van der Waals surface area contributed by atoms with Gasteiger partial charge in [0.15, 0.2) is 0 Å². The first kappa shape index (κ1) is 12.1. The van der Waals surface area contributed by atoms with Crippen LogP contribution in [-0.2, 0) is 4.79 Å². The summed E-state index contributed by atoms with van der Waals surface area (Å²) in [6, 6.07) is 8.76. The topological polar surface area (TPSA) is 40.5 Å². The Labute approximate surface area is 111 Å². The fourth-order valence-electron chi connectivity index (χ4n) is 1.50. The molecule has 0 atom stereocenters. The number of thiophene rings is 1. The van der Waals surface area contributed by atoms with Crippen LogP contribution in [0.2, 0.25) is 0 Å². The minimum absolute atomic E-state index is 0.0648. The average Bonchev–Trinajstić information content (AvgIpc) is 2.76. The number of anilines is 2. The van der Waals surface area contributed by atoms with Crippen LogP contribution in [-0.4, -0.2) is 11.0 Å². The molecule has 3 nitrogen and oxygen atoms in total. The molecule has 5 heteroatoms. The predicted octanol–water partition coefficient (Wildman–Crippen LogP) is 3.90. The molecule has 2 rings (SSSR count). The monoisotopic (exact) mass is 311 g/mol. The Morgan fingerprint density at radius 1 is 1.41 bits per heavy atom. The van der Waals surface area contributed by atoms with Gasteiger partial charge >= 0.3 is 0 Å². The third-order valence-electron chi connectivity index (χ3n) is 2.23. The van der Waals surface area contributed by atoms with Crippen molar-refractivity contribution in [2.45, 2.75) is 6.92 Å². The molecular weight excluding hydrogens is 302 g/mol. The predicted molar refractivity (Wildman–Crippen MR) is 72.9 cm³/mol. The molecule has 88 valence electrons. The van der Waals surface area contributed by atoms with E-state index in [1.165, 1.54) is 18.3 Å². The summed E-state index contributed by atoms with van der Waals surface area (Å²) < 4.78 is 0.567. The van der Waals surface area contributed by atoms with E-state index in [-0.39, 0.29) is 11.7 Å². The lowest BCUT2D eigenvalue weighted by molar-refractivity contribution is -0.115. The summed E-state index contributed by atoms with van der Waals surface area (Å²) in [7, 11) is 0. The standard InChI is InChI=1S/C12H10BrNO2S/c1-8(15)14(12-3-2-6-17-12)9-4-5-11(16)10(13)7-9/h2-7,16H,1H3. The molecule has 0 aliphatic heterocycles. The lowest BCUT2D eigenvalue weighted by atomic mass is 10.2. The number of hydrogen-bond acceptors (Lipinski definition) is 3. The van der Waals surface area contributed by atoms with Crippen LogP contribution in [0.5, 0.6) is 5.75 Å². The number of benzene rings is 1. The number of rotatable bonds is 2. The molecule has 0 unspecified atom stereocenters. The molecule has 17 heavy (non-hydrogen) atoms. The van der Waals surface area contributed by atoms with E-state index in [2.05, 4.69) is 15.9 Å². The number of aromatic hydroxyl groups is 1. The molecule has 1 amide bonds. The molecule has 0 saturated heterocycles. The summed E-state index contributed by atoms with van der Waals surface area (Å²) in [5.41, 5.74) is 0.727. The zero-order chi connectivity index (χ0) is 12.4. The first-order valence-electron chi connectivity index (χ1n) is 4.92. The molecule has 0 aliphatic rings. The van der Waals surface area contributed by atoms with Crippen LogP contribution >= 0.6 is 27.3 Å². The molecule has 0 spiro atoms. The van der Waals surface area contributed by atoms with Gasteiger partial charge in [0.1, 0.15) is 10.8 Å². The van der Waals surface area contributed by atoms with E-state index in [1.807, 2.05) is 17.5 Å². The molecule has 0 bridgehead atoms. The fraction of sp³-hybridized carbons (Fsp3) is 0.0833. The highest BCUT2D eigenvalue weighted by molar-refractivity contribution is 9.10. The van der Waals surface area contributed by atoms with Gasteiger partial charge < -0.3 is 5.11 Å². The van der Waals surface area contributed by atoms with Gasteiger partial charge in [0.2, 0.25) is 5.91 Å². The lowest BCUT2D eigenvalue weighted by Crippen LogP contribution is -2.21. The van der Waals surface area contributed by atoms with E-state index >= 15 is 0 Å². The number of carbonyl (C=O) groups excluding carboxylic acids is 1. The van der Waals surface area contributed by atoms with Crippen LogP contribution in [0.15, 0.2) is 40.2 Å². The van der Waals surface area contributed by atoms with Crippen LogP contribution in [0.3, 0.4) is 0 Å². The highest BCUT2D eigenvalue weighted by atomic mass is 79.9. The normalized spacial score (nSPS) is 10.2. The first-order chi connectivity index (χ1) is 8.09. The Bertz CT molecular complexity index is 539. The maximum absolute atomic E-state index is 11.7. The fourth-order valence-corrected chi connectivity index (χ4v) is 2.66. The van der Waals surface area contributed by atoms with Crippen LogP contribution in [0, 0.1) is 0 Å². The Balaban J connectivity index is 2.47. The van der Waals surface area contributed by atoms with Crippen molar-refractivity contribution in [3.63, 3.8) is 0 Å². The van der Waals surface area contributed by atoms with E-state index in [4.69, 9.17) is 0 Å². The van der Waals surface area contributed by atoms with Crippen LogP contribution in [0.1, 0.15) is 6.92 Å². The number of phenolic OH excluding ortho intramolecular Hbond substituents is 1. The number of carbonyl (C=O) groups is 1. The molecule has 0 fully saturated rings. The van der Waals surface area contributed by atoms with Gasteiger partial charge in [-0.25, -0.2) is 0 Å². The van der Waals surface area contributed by atoms with Gasteiger partial charge in [-0.3, -0.25) is 9.69 Å². The molecule has 1 aromatic heterocycles. The van der Waals surface area contributed by atoms with Crippen LogP contribution < -0.4 is 4.90 Å². The van der Waals surface area contributed by atoms with Crippen molar-refractivity contribution in [1.82, 2.24) is 0 Å². The van der Waals surface area contributed by atoms with Gasteiger partial charge in [-0.15, -0.1) is 11.3 Å².